The molecule has 16 heavy (non-hydrogen) atoms. The van der Waals surface area contributed by atoms with Gasteiger partial charge in [-0.2, -0.15) is 0 Å². The van der Waals surface area contributed by atoms with Crippen LogP contribution in [0.15, 0.2) is 23.0 Å². The third kappa shape index (κ3) is 1.61. The van der Waals surface area contributed by atoms with Gasteiger partial charge in [-0.1, -0.05) is 0 Å². The lowest BCUT2D eigenvalue weighted by atomic mass is 10.3. The summed E-state index contributed by atoms with van der Waals surface area (Å²) in [5.74, 6) is -1.61. The molecule has 0 saturated carbocycles. The highest BCUT2D eigenvalue weighted by atomic mass is 35.5. The van der Waals surface area contributed by atoms with Gasteiger partial charge in [0.1, 0.15) is 11.6 Å². The van der Waals surface area contributed by atoms with E-state index in [2.05, 4.69) is 5.10 Å². The summed E-state index contributed by atoms with van der Waals surface area (Å²) in [6.45, 7) is 0. The molecule has 2 rings (SSSR count). The highest BCUT2D eigenvalue weighted by molar-refractivity contribution is 6.28. The fraction of sp³-hybridized carbons (Fsp3) is 0.111. The Morgan fingerprint density at radius 1 is 1.38 bits per heavy atom. The number of aromatic nitrogens is 3. The minimum absolute atomic E-state index is 0.135. The number of nitrogens with zero attached hydrogens (tertiary/aromatic N) is 3. The SMILES string of the molecule is Cn1nc(Cl)n(-c2ccc(F)cc2F)c1=O. The minimum atomic E-state index is -0.878. The van der Waals surface area contributed by atoms with E-state index in [0.29, 0.717) is 6.07 Å². The number of benzene rings is 1. The molecule has 84 valence electrons. The van der Waals surface area contributed by atoms with Crippen molar-refractivity contribution in [2.45, 2.75) is 0 Å². The van der Waals surface area contributed by atoms with Gasteiger partial charge in [-0.3, -0.25) is 0 Å². The molecule has 4 nitrogen and oxygen atoms in total. The lowest BCUT2D eigenvalue weighted by Crippen LogP contribution is -2.22. The molecule has 0 fully saturated rings. The Kier molecular flexibility index (Phi) is 2.51. The molecule has 0 aliphatic rings. The first-order valence-electron chi connectivity index (χ1n) is 4.27. The summed E-state index contributed by atoms with van der Waals surface area (Å²) in [5, 5.41) is 3.44. The maximum atomic E-state index is 13.4. The quantitative estimate of drug-likeness (QED) is 0.764. The monoisotopic (exact) mass is 245 g/mol. The van der Waals surface area contributed by atoms with Gasteiger partial charge in [-0.25, -0.2) is 22.8 Å². The Hall–Kier alpha value is -1.69. The van der Waals surface area contributed by atoms with E-state index < -0.39 is 17.3 Å². The molecule has 0 atom stereocenters. The van der Waals surface area contributed by atoms with Crippen molar-refractivity contribution < 1.29 is 8.78 Å². The zero-order valence-corrected chi connectivity index (χ0v) is 8.87. The second-order valence-corrected chi connectivity index (χ2v) is 3.44. The predicted octanol–water partition coefficient (Wildman–Crippen LogP) is 1.50. The molecule has 0 radical (unpaired) electrons. The number of rotatable bonds is 1. The van der Waals surface area contributed by atoms with Gasteiger partial charge in [0.15, 0.2) is 0 Å². The van der Waals surface area contributed by atoms with Crippen molar-refractivity contribution in [3.8, 4) is 5.69 Å². The average Bonchev–Trinajstić information content (AvgIpc) is 2.43. The van der Waals surface area contributed by atoms with Crippen LogP contribution in [0.4, 0.5) is 8.78 Å². The fourth-order valence-corrected chi connectivity index (χ4v) is 1.58. The molecule has 0 N–H and O–H groups in total. The molecule has 2 aromatic rings. The highest BCUT2D eigenvalue weighted by Gasteiger charge is 2.14. The minimum Gasteiger partial charge on any atom is -0.246 e. The van der Waals surface area contributed by atoms with E-state index in [4.69, 9.17) is 11.6 Å². The summed E-state index contributed by atoms with van der Waals surface area (Å²) < 4.78 is 27.9. The maximum Gasteiger partial charge on any atom is 0.351 e. The van der Waals surface area contributed by atoms with Crippen molar-refractivity contribution in [1.29, 1.82) is 0 Å². The van der Waals surface area contributed by atoms with Gasteiger partial charge in [0.05, 0.1) is 5.69 Å². The van der Waals surface area contributed by atoms with E-state index >= 15 is 0 Å². The Morgan fingerprint density at radius 3 is 2.56 bits per heavy atom. The normalized spacial score (nSPS) is 10.8. The van der Waals surface area contributed by atoms with Crippen LogP contribution in [0.3, 0.4) is 0 Å². The molecule has 0 amide bonds. The molecular weight excluding hydrogens is 240 g/mol. The van der Waals surface area contributed by atoms with E-state index in [-0.39, 0.29) is 11.0 Å². The van der Waals surface area contributed by atoms with Crippen LogP contribution in [0.2, 0.25) is 5.28 Å². The number of hydrogen-bond donors (Lipinski definition) is 0. The van der Waals surface area contributed by atoms with Crippen molar-refractivity contribution in [3.63, 3.8) is 0 Å². The van der Waals surface area contributed by atoms with E-state index in [1.165, 1.54) is 7.05 Å². The van der Waals surface area contributed by atoms with E-state index in [1.807, 2.05) is 0 Å². The Morgan fingerprint density at radius 2 is 2.06 bits per heavy atom. The summed E-state index contributed by atoms with van der Waals surface area (Å²) in [7, 11) is 1.38. The van der Waals surface area contributed by atoms with Gasteiger partial charge in [-0.15, -0.1) is 5.10 Å². The summed E-state index contributed by atoms with van der Waals surface area (Å²) >= 11 is 5.67. The van der Waals surface area contributed by atoms with Crippen molar-refractivity contribution in [2.75, 3.05) is 0 Å². The lowest BCUT2D eigenvalue weighted by molar-refractivity contribution is 0.576. The van der Waals surface area contributed by atoms with Crippen molar-refractivity contribution in [2.24, 2.45) is 7.05 Å². The van der Waals surface area contributed by atoms with Crippen LogP contribution in [0, 0.1) is 11.6 Å². The standard InChI is InChI=1S/C9H6ClF2N3O/c1-14-9(16)15(8(10)13-14)7-3-2-5(11)4-6(7)12/h2-4H,1H3. The first-order chi connectivity index (χ1) is 7.50. The summed E-state index contributed by atoms with van der Waals surface area (Å²) in [5.41, 5.74) is -0.736. The van der Waals surface area contributed by atoms with Crippen LogP contribution in [-0.4, -0.2) is 14.3 Å². The number of halogens is 3. The van der Waals surface area contributed by atoms with Crippen LogP contribution >= 0.6 is 11.6 Å². The predicted molar refractivity (Wildman–Crippen MR) is 53.7 cm³/mol. The molecule has 1 heterocycles. The third-order valence-corrected chi connectivity index (χ3v) is 2.28. The van der Waals surface area contributed by atoms with Crippen molar-refractivity contribution >= 4 is 11.6 Å². The molecule has 0 aliphatic heterocycles. The van der Waals surface area contributed by atoms with E-state index in [9.17, 15) is 13.6 Å². The molecule has 0 spiro atoms. The third-order valence-electron chi connectivity index (χ3n) is 2.04. The molecule has 1 aromatic heterocycles. The summed E-state index contributed by atoms with van der Waals surface area (Å²) in [6.07, 6.45) is 0. The van der Waals surface area contributed by atoms with Gasteiger partial charge in [0, 0.05) is 13.1 Å². The second-order valence-electron chi connectivity index (χ2n) is 3.11. The van der Waals surface area contributed by atoms with Crippen LogP contribution < -0.4 is 5.69 Å². The number of aryl methyl sites for hydroxylation is 1. The van der Waals surface area contributed by atoms with Gasteiger partial charge in [-0.05, 0) is 23.7 Å². The largest absolute Gasteiger partial charge is 0.351 e. The van der Waals surface area contributed by atoms with Crippen molar-refractivity contribution in [3.05, 3.63) is 45.6 Å². The topological polar surface area (TPSA) is 39.8 Å². The molecule has 1 aromatic carbocycles. The summed E-state index contributed by atoms with van der Waals surface area (Å²) in [6, 6.07) is 2.83. The van der Waals surface area contributed by atoms with Gasteiger partial charge in [0.2, 0.25) is 5.28 Å². The first-order valence-corrected chi connectivity index (χ1v) is 4.65. The van der Waals surface area contributed by atoms with E-state index in [1.54, 1.807) is 0 Å². The molecule has 7 heteroatoms. The molecule has 0 bridgehead atoms. The Bertz CT molecular complexity index is 605. The Labute approximate surface area is 93.7 Å². The van der Waals surface area contributed by atoms with Crippen LogP contribution in [0.5, 0.6) is 0 Å². The molecular formula is C9H6ClF2N3O. The van der Waals surface area contributed by atoms with Crippen LogP contribution in [0.1, 0.15) is 0 Å². The maximum absolute atomic E-state index is 13.4. The second kappa shape index (κ2) is 3.71. The zero-order chi connectivity index (χ0) is 11.9. The fourth-order valence-electron chi connectivity index (χ4n) is 1.30. The molecule has 0 aliphatic carbocycles. The smallest absolute Gasteiger partial charge is 0.246 e. The zero-order valence-electron chi connectivity index (χ0n) is 8.12. The average molecular weight is 246 g/mol. The summed E-state index contributed by atoms with van der Waals surface area (Å²) in [4.78, 5) is 11.5. The molecule has 0 saturated heterocycles. The van der Waals surface area contributed by atoms with Crippen LogP contribution in [0.25, 0.3) is 5.69 Å². The lowest BCUT2D eigenvalue weighted by Gasteiger charge is -2.02. The van der Waals surface area contributed by atoms with E-state index in [0.717, 1.165) is 21.4 Å². The van der Waals surface area contributed by atoms with Gasteiger partial charge in [0.25, 0.3) is 0 Å². The van der Waals surface area contributed by atoms with Gasteiger partial charge >= 0.3 is 5.69 Å². The first kappa shape index (κ1) is 10.8. The van der Waals surface area contributed by atoms with Crippen molar-refractivity contribution in [1.82, 2.24) is 14.3 Å². The number of hydrogen-bond acceptors (Lipinski definition) is 2. The van der Waals surface area contributed by atoms with Gasteiger partial charge < -0.3 is 0 Å². The van der Waals surface area contributed by atoms with Crippen LogP contribution in [-0.2, 0) is 7.05 Å². The molecule has 0 unspecified atom stereocenters. The highest BCUT2D eigenvalue weighted by Crippen LogP contribution is 2.16. The Balaban J connectivity index is 2.72.